The zero-order valence-corrected chi connectivity index (χ0v) is 9.11. The van der Waals surface area contributed by atoms with Crippen molar-refractivity contribution < 1.29 is 24.2 Å². The Kier molecular flexibility index (Phi) is 3.25. The van der Waals surface area contributed by atoms with E-state index < -0.39 is 11.4 Å². The molecule has 0 radical (unpaired) electrons. The predicted molar refractivity (Wildman–Crippen MR) is 54.1 cm³/mol. The molecule has 0 spiro atoms. The van der Waals surface area contributed by atoms with Crippen molar-refractivity contribution in [2.24, 2.45) is 11.3 Å². The van der Waals surface area contributed by atoms with Crippen LogP contribution in [0.3, 0.4) is 0 Å². The van der Waals surface area contributed by atoms with E-state index in [1.165, 1.54) is 0 Å². The van der Waals surface area contributed by atoms with E-state index in [0.29, 0.717) is 26.2 Å². The summed E-state index contributed by atoms with van der Waals surface area (Å²) in [6, 6.07) is 0. The number of hydrogen-bond donors (Lipinski definition) is 1. The largest absolute Gasteiger partial charge is 0.480 e. The molecule has 16 heavy (non-hydrogen) atoms. The van der Waals surface area contributed by atoms with Crippen molar-refractivity contribution in [3.8, 4) is 0 Å². The highest BCUT2D eigenvalue weighted by atomic mass is 16.5. The number of carboxylic acid groups (broad SMARTS) is 1. The maximum absolute atomic E-state index is 11.8. The third kappa shape index (κ3) is 1.97. The maximum atomic E-state index is 11.8. The van der Waals surface area contributed by atoms with Gasteiger partial charge in [0.15, 0.2) is 5.78 Å². The molecule has 2 rings (SSSR count). The molecule has 2 saturated heterocycles. The Morgan fingerprint density at radius 1 is 1.44 bits per heavy atom. The number of ether oxygens (including phenoxy) is 2. The summed E-state index contributed by atoms with van der Waals surface area (Å²) in [4.78, 5) is 23.2. The maximum Gasteiger partial charge on any atom is 0.319 e. The fourth-order valence-electron chi connectivity index (χ4n) is 2.41. The average Bonchev–Trinajstić information content (AvgIpc) is 2.74. The van der Waals surface area contributed by atoms with Gasteiger partial charge in [0, 0.05) is 19.6 Å². The van der Waals surface area contributed by atoms with Gasteiger partial charge in [-0.05, 0) is 18.8 Å². The van der Waals surface area contributed by atoms with E-state index in [1.807, 2.05) is 0 Å². The van der Waals surface area contributed by atoms with Gasteiger partial charge in [0.05, 0.1) is 13.2 Å². The highest BCUT2D eigenvalue weighted by Gasteiger charge is 2.49. The highest BCUT2D eigenvalue weighted by Crippen LogP contribution is 2.35. The molecule has 0 aromatic rings. The van der Waals surface area contributed by atoms with E-state index in [0.717, 1.165) is 6.42 Å². The molecule has 2 fully saturated rings. The second kappa shape index (κ2) is 4.51. The summed E-state index contributed by atoms with van der Waals surface area (Å²) in [5.41, 5.74) is -1.32. The van der Waals surface area contributed by atoms with E-state index >= 15 is 0 Å². The van der Waals surface area contributed by atoms with Crippen LogP contribution < -0.4 is 0 Å². The van der Waals surface area contributed by atoms with Gasteiger partial charge in [-0.1, -0.05) is 0 Å². The molecule has 2 heterocycles. The molecule has 0 bridgehead atoms. The van der Waals surface area contributed by atoms with Crippen LogP contribution in [0.25, 0.3) is 0 Å². The van der Waals surface area contributed by atoms with Crippen LogP contribution in [-0.2, 0) is 19.1 Å². The van der Waals surface area contributed by atoms with Crippen molar-refractivity contribution in [1.29, 1.82) is 0 Å². The summed E-state index contributed by atoms with van der Waals surface area (Å²) in [6.07, 6.45) is 1.39. The molecule has 2 atom stereocenters. The topological polar surface area (TPSA) is 72.8 Å². The van der Waals surface area contributed by atoms with Gasteiger partial charge < -0.3 is 14.6 Å². The number of carboxylic acids is 1. The van der Waals surface area contributed by atoms with Crippen LogP contribution in [0.1, 0.15) is 19.3 Å². The number of aliphatic carboxylic acids is 1. The van der Waals surface area contributed by atoms with E-state index in [-0.39, 0.29) is 24.7 Å². The molecule has 90 valence electrons. The molecule has 2 aliphatic rings. The van der Waals surface area contributed by atoms with Crippen molar-refractivity contribution in [3.63, 3.8) is 0 Å². The van der Waals surface area contributed by atoms with Gasteiger partial charge in [-0.3, -0.25) is 9.59 Å². The Morgan fingerprint density at radius 3 is 2.81 bits per heavy atom. The zero-order valence-electron chi connectivity index (χ0n) is 9.11. The molecular formula is C11H16O5. The summed E-state index contributed by atoms with van der Waals surface area (Å²) in [7, 11) is 0. The predicted octanol–water partition coefficient (Wildman–Crippen LogP) is 0.473. The Morgan fingerprint density at radius 2 is 2.25 bits per heavy atom. The third-order valence-corrected chi connectivity index (χ3v) is 3.43. The van der Waals surface area contributed by atoms with Gasteiger partial charge in [-0.2, -0.15) is 0 Å². The van der Waals surface area contributed by atoms with Crippen LogP contribution >= 0.6 is 0 Å². The first kappa shape index (κ1) is 11.5. The second-order valence-electron chi connectivity index (χ2n) is 4.55. The minimum Gasteiger partial charge on any atom is -0.480 e. The van der Waals surface area contributed by atoms with Crippen molar-refractivity contribution in [2.45, 2.75) is 19.3 Å². The number of carbonyl (C=O) groups excluding carboxylic acids is 1. The lowest BCUT2D eigenvalue weighted by Gasteiger charge is -2.33. The zero-order chi connectivity index (χ0) is 11.6. The lowest BCUT2D eigenvalue weighted by atomic mass is 9.74. The molecule has 0 aromatic heterocycles. The normalized spacial score (nSPS) is 35.2. The Bertz CT molecular complexity index is 295. The van der Waals surface area contributed by atoms with Crippen LogP contribution in [0.2, 0.25) is 0 Å². The van der Waals surface area contributed by atoms with Crippen molar-refractivity contribution in [3.05, 3.63) is 0 Å². The Labute approximate surface area is 93.7 Å². The lowest BCUT2D eigenvalue weighted by molar-refractivity contribution is -0.166. The fraction of sp³-hybridized carbons (Fsp3) is 0.818. The quantitative estimate of drug-likeness (QED) is 0.711. The molecule has 0 amide bonds. The molecule has 5 nitrogen and oxygen atoms in total. The van der Waals surface area contributed by atoms with Gasteiger partial charge in [0.25, 0.3) is 0 Å². The van der Waals surface area contributed by atoms with E-state index in [1.54, 1.807) is 0 Å². The summed E-state index contributed by atoms with van der Waals surface area (Å²) >= 11 is 0. The number of Topliss-reactive ketones (excluding diaryl/α,β-unsaturated/α-hetero) is 1. The van der Waals surface area contributed by atoms with Gasteiger partial charge >= 0.3 is 5.97 Å². The summed E-state index contributed by atoms with van der Waals surface area (Å²) in [5, 5.41) is 9.28. The molecule has 2 aliphatic heterocycles. The molecular weight excluding hydrogens is 212 g/mol. The van der Waals surface area contributed by atoms with Gasteiger partial charge in [-0.25, -0.2) is 0 Å². The first-order valence-electron chi connectivity index (χ1n) is 5.57. The monoisotopic (exact) mass is 228 g/mol. The number of carbonyl (C=O) groups is 2. The van der Waals surface area contributed by atoms with E-state index in [2.05, 4.69) is 0 Å². The smallest absolute Gasteiger partial charge is 0.319 e. The molecule has 5 heteroatoms. The Hall–Kier alpha value is -0.940. The van der Waals surface area contributed by atoms with Gasteiger partial charge in [-0.15, -0.1) is 0 Å². The van der Waals surface area contributed by atoms with Crippen molar-refractivity contribution >= 4 is 11.8 Å². The number of hydrogen-bond acceptors (Lipinski definition) is 4. The van der Waals surface area contributed by atoms with Gasteiger partial charge in [0.2, 0.25) is 0 Å². The van der Waals surface area contributed by atoms with Crippen molar-refractivity contribution in [1.82, 2.24) is 0 Å². The van der Waals surface area contributed by atoms with Crippen LogP contribution in [0.4, 0.5) is 0 Å². The first-order chi connectivity index (χ1) is 7.65. The third-order valence-electron chi connectivity index (χ3n) is 3.43. The highest BCUT2D eigenvalue weighted by molar-refractivity contribution is 6.03. The first-order valence-corrected chi connectivity index (χ1v) is 5.57. The summed E-state index contributed by atoms with van der Waals surface area (Å²) < 4.78 is 10.4. The van der Waals surface area contributed by atoms with Crippen LogP contribution in [0, 0.1) is 11.3 Å². The average molecular weight is 228 g/mol. The molecule has 0 aromatic carbocycles. The lowest BCUT2D eigenvalue weighted by Crippen LogP contribution is -2.48. The van der Waals surface area contributed by atoms with Crippen LogP contribution in [0.5, 0.6) is 0 Å². The minimum atomic E-state index is -1.32. The molecule has 2 unspecified atom stereocenters. The van der Waals surface area contributed by atoms with Gasteiger partial charge in [0.1, 0.15) is 5.41 Å². The molecule has 0 aliphatic carbocycles. The van der Waals surface area contributed by atoms with Crippen LogP contribution in [-0.4, -0.2) is 43.3 Å². The Balaban J connectivity index is 2.13. The molecule has 0 saturated carbocycles. The van der Waals surface area contributed by atoms with Crippen molar-refractivity contribution in [2.75, 3.05) is 26.4 Å². The molecule has 1 N–H and O–H groups in total. The standard InChI is InChI=1S/C11H16O5/c12-9-2-4-16-7-11(9,10(13)14)5-8-1-3-15-6-8/h8H,1-7H2,(H,13,14). The second-order valence-corrected chi connectivity index (χ2v) is 4.55. The van der Waals surface area contributed by atoms with E-state index in [4.69, 9.17) is 9.47 Å². The van der Waals surface area contributed by atoms with E-state index in [9.17, 15) is 14.7 Å². The minimum absolute atomic E-state index is 0.0116. The summed E-state index contributed by atoms with van der Waals surface area (Å²) in [5.74, 6) is -1.08. The summed E-state index contributed by atoms with van der Waals surface area (Å²) in [6.45, 7) is 1.57. The SMILES string of the molecule is O=C(O)C1(CC2CCOC2)COCCC1=O. The van der Waals surface area contributed by atoms with Crippen LogP contribution in [0.15, 0.2) is 0 Å². The fourth-order valence-corrected chi connectivity index (χ4v) is 2.41. The number of ketones is 1. The number of rotatable bonds is 3.